The Labute approximate surface area is 122 Å². The molecule has 1 saturated heterocycles. The van der Waals surface area contributed by atoms with Crippen LogP contribution >= 0.6 is 0 Å². The van der Waals surface area contributed by atoms with Gasteiger partial charge in [0.05, 0.1) is 6.20 Å². The zero-order chi connectivity index (χ0) is 14.7. The molecule has 2 aromatic rings. The van der Waals surface area contributed by atoms with Crippen molar-refractivity contribution < 1.29 is 13.7 Å². The van der Waals surface area contributed by atoms with Gasteiger partial charge in [-0.1, -0.05) is 17.3 Å². The van der Waals surface area contributed by atoms with Crippen LogP contribution in [0.1, 0.15) is 29.0 Å². The molecule has 0 saturated carbocycles. The highest BCUT2D eigenvalue weighted by Crippen LogP contribution is 2.23. The third kappa shape index (κ3) is 3.29. The van der Waals surface area contributed by atoms with E-state index in [1.807, 2.05) is 17.0 Å². The number of hydrogen-bond acceptors (Lipinski definition) is 3. The van der Waals surface area contributed by atoms with E-state index < -0.39 is 0 Å². The molecule has 1 aliphatic heterocycles. The van der Waals surface area contributed by atoms with Gasteiger partial charge in [-0.15, -0.1) is 0 Å². The summed E-state index contributed by atoms with van der Waals surface area (Å²) in [6, 6.07) is 8.26. The zero-order valence-corrected chi connectivity index (χ0v) is 11.7. The average molecular weight is 288 g/mol. The Kier molecular flexibility index (Phi) is 3.99. The number of nitrogens with zero attached hydrogens (tertiary/aromatic N) is 2. The molecule has 5 heteroatoms. The van der Waals surface area contributed by atoms with Gasteiger partial charge >= 0.3 is 0 Å². The van der Waals surface area contributed by atoms with Crippen molar-refractivity contribution in [3.8, 4) is 0 Å². The maximum atomic E-state index is 12.9. The lowest BCUT2D eigenvalue weighted by molar-refractivity contribution is 0.0649. The molecule has 0 N–H and O–H groups in total. The fourth-order valence-electron chi connectivity index (χ4n) is 2.78. The van der Waals surface area contributed by atoms with Gasteiger partial charge in [0.1, 0.15) is 5.82 Å². The largest absolute Gasteiger partial charge is 0.351 e. The first-order chi connectivity index (χ1) is 10.2. The van der Waals surface area contributed by atoms with E-state index in [0.717, 1.165) is 37.9 Å². The SMILES string of the molecule is O=C(c1ccno1)N1CCC(Cc2ccc(F)cc2)CC1. The first-order valence-electron chi connectivity index (χ1n) is 7.17. The van der Waals surface area contributed by atoms with Crippen molar-refractivity contribution >= 4 is 5.91 Å². The number of halogens is 1. The van der Waals surface area contributed by atoms with Crippen molar-refractivity contribution in [3.05, 3.63) is 53.7 Å². The molecule has 110 valence electrons. The van der Waals surface area contributed by atoms with Gasteiger partial charge in [0, 0.05) is 19.2 Å². The molecule has 1 fully saturated rings. The second-order valence-electron chi connectivity index (χ2n) is 5.44. The molecule has 3 rings (SSSR count). The number of rotatable bonds is 3. The van der Waals surface area contributed by atoms with Crippen LogP contribution in [0.3, 0.4) is 0 Å². The number of amides is 1. The quantitative estimate of drug-likeness (QED) is 0.872. The predicted octanol–water partition coefficient (Wildman–Crippen LogP) is 2.91. The van der Waals surface area contributed by atoms with Crippen molar-refractivity contribution in [2.75, 3.05) is 13.1 Å². The summed E-state index contributed by atoms with van der Waals surface area (Å²) in [6.45, 7) is 1.46. The third-order valence-electron chi connectivity index (χ3n) is 3.99. The van der Waals surface area contributed by atoms with Gasteiger partial charge in [0.2, 0.25) is 5.76 Å². The van der Waals surface area contributed by atoms with E-state index in [1.165, 1.54) is 18.3 Å². The van der Waals surface area contributed by atoms with Crippen LogP contribution in [0.5, 0.6) is 0 Å². The molecule has 0 radical (unpaired) electrons. The zero-order valence-electron chi connectivity index (χ0n) is 11.7. The van der Waals surface area contributed by atoms with Crippen molar-refractivity contribution in [2.24, 2.45) is 5.92 Å². The molecule has 1 aromatic heterocycles. The lowest BCUT2D eigenvalue weighted by Crippen LogP contribution is -2.38. The van der Waals surface area contributed by atoms with Gasteiger partial charge in [0.25, 0.3) is 5.91 Å². The van der Waals surface area contributed by atoms with E-state index >= 15 is 0 Å². The molecule has 0 unspecified atom stereocenters. The number of aromatic nitrogens is 1. The molecular formula is C16H17FN2O2. The Bertz CT molecular complexity index is 587. The predicted molar refractivity (Wildman–Crippen MR) is 75.2 cm³/mol. The van der Waals surface area contributed by atoms with Gasteiger partial charge in [-0.3, -0.25) is 4.79 Å². The lowest BCUT2D eigenvalue weighted by atomic mass is 9.90. The summed E-state index contributed by atoms with van der Waals surface area (Å²) in [4.78, 5) is 13.9. The Balaban J connectivity index is 1.53. The number of hydrogen-bond donors (Lipinski definition) is 0. The van der Waals surface area contributed by atoms with Crippen LogP contribution in [0.25, 0.3) is 0 Å². The van der Waals surface area contributed by atoms with Gasteiger partial charge < -0.3 is 9.42 Å². The second-order valence-corrected chi connectivity index (χ2v) is 5.44. The normalized spacial score (nSPS) is 16.1. The summed E-state index contributed by atoms with van der Waals surface area (Å²) >= 11 is 0. The van der Waals surface area contributed by atoms with Gasteiger partial charge in [-0.2, -0.15) is 0 Å². The Morgan fingerprint density at radius 3 is 2.57 bits per heavy atom. The molecular weight excluding hydrogens is 271 g/mol. The first kappa shape index (κ1) is 13.8. The van der Waals surface area contributed by atoms with Crippen LogP contribution in [-0.4, -0.2) is 29.1 Å². The molecule has 0 bridgehead atoms. The van der Waals surface area contributed by atoms with E-state index in [1.54, 1.807) is 6.07 Å². The van der Waals surface area contributed by atoms with Gasteiger partial charge in [0.15, 0.2) is 0 Å². The molecule has 0 atom stereocenters. The Morgan fingerprint density at radius 2 is 1.95 bits per heavy atom. The highest BCUT2D eigenvalue weighted by atomic mass is 19.1. The average Bonchev–Trinajstić information content (AvgIpc) is 3.04. The number of likely N-dealkylation sites (tertiary alicyclic amines) is 1. The third-order valence-corrected chi connectivity index (χ3v) is 3.99. The van der Waals surface area contributed by atoms with Crippen LogP contribution < -0.4 is 0 Å². The summed E-state index contributed by atoms with van der Waals surface area (Å²) in [5.41, 5.74) is 1.15. The number of piperidine rings is 1. The van der Waals surface area contributed by atoms with Crippen molar-refractivity contribution in [2.45, 2.75) is 19.3 Å². The minimum atomic E-state index is -0.203. The second kappa shape index (κ2) is 6.08. The topological polar surface area (TPSA) is 46.3 Å². The summed E-state index contributed by atoms with van der Waals surface area (Å²) in [6.07, 6.45) is 4.33. The highest BCUT2D eigenvalue weighted by molar-refractivity contribution is 5.91. The highest BCUT2D eigenvalue weighted by Gasteiger charge is 2.25. The summed E-state index contributed by atoms with van der Waals surface area (Å²) < 4.78 is 17.8. The lowest BCUT2D eigenvalue weighted by Gasteiger charge is -2.31. The molecule has 4 nitrogen and oxygen atoms in total. The molecule has 0 aliphatic carbocycles. The molecule has 0 spiro atoms. The van der Waals surface area contributed by atoms with Crippen LogP contribution in [0.2, 0.25) is 0 Å². The van der Waals surface area contributed by atoms with Crippen molar-refractivity contribution in [1.29, 1.82) is 0 Å². The van der Waals surface area contributed by atoms with Crippen LogP contribution in [-0.2, 0) is 6.42 Å². The number of carbonyl (C=O) groups excluding carboxylic acids is 1. The molecule has 2 heterocycles. The Morgan fingerprint density at radius 1 is 1.24 bits per heavy atom. The smallest absolute Gasteiger partial charge is 0.292 e. The minimum Gasteiger partial charge on any atom is -0.351 e. The van der Waals surface area contributed by atoms with E-state index in [-0.39, 0.29) is 11.7 Å². The van der Waals surface area contributed by atoms with E-state index in [2.05, 4.69) is 5.16 Å². The molecule has 1 amide bonds. The minimum absolute atomic E-state index is 0.0901. The Hall–Kier alpha value is -2.17. The fourth-order valence-corrected chi connectivity index (χ4v) is 2.78. The van der Waals surface area contributed by atoms with Gasteiger partial charge in [-0.05, 0) is 42.9 Å². The van der Waals surface area contributed by atoms with Crippen molar-refractivity contribution in [3.63, 3.8) is 0 Å². The maximum absolute atomic E-state index is 12.9. The summed E-state index contributed by atoms with van der Waals surface area (Å²) in [5, 5.41) is 3.56. The molecule has 21 heavy (non-hydrogen) atoms. The van der Waals surface area contributed by atoms with Crippen molar-refractivity contribution in [1.82, 2.24) is 10.1 Å². The maximum Gasteiger partial charge on any atom is 0.292 e. The number of carbonyl (C=O) groups is 1. The van der Waals surface area contributed by atoms with Crippen LogP contribution in [0.15, 0.2) is 41.1 Å². The molecule has 1 aromatic carbocycles. The monoisotopic (exact) mass is 288 g/mol. The van der Waals surface area contributed by atoms with Crippen LogP contribution in [0.4, 0.5) is 4.39 Å². The molecule has 1 aliphatic rings. The first-order valence-corrected chi connectivity index (χ1v) is 7.17. The van der Waals surface area contributed by atoms with E-state index in [0.29, 0.717) is 11.7 Å². The van der Waals surface area contributed by atoms with E-state index in [4.69, 9.17) is 4.52 Å². The van der Waals surface area contributed by atoms with Crippen LogP contribution in [0, 0.1) is 11.7 Å². The van der Waals surface area contributed by atoms with E-state index in [9.17, 15) is 9.18 Å². The standard InChI is InChI=1S/C16H17FN2O2/c17-14-3-1-12(2-4-14)11-13-6-9-19(10-7-13)16(20)15-5-8-18-21-15/h1-5,8,13H,6-7,9-11H2. The van der Waals surface area contributed by atoms with Gasteiger partial charge in [-0.25, -0.2) is 4.39 Å². The summed E-state index contributed by atoms with van der Waals surface area (Å²) in [7, 11) is 0. The number of benzene rings is 1. The summed E-state index contributed by atoms with van der Waals surface area (Å²) in [5.74, 6) is 0.542. The fraction of sp³-hybridized carbons (Fsp3) is 0.375.